The maximum Gasteiger partial charge on any atom is 0.322 e. The number of urea groups is 1. The molecule has 0 saturated heterocycles. The van der Waals surface area contributed by atoms with Crippen molar-refractivity contribution in [2.24, 2.45) is 0 Å². The van der Waals surface area contributed by atoms with Crippen LogP contribution in [-0.2, 0) is 13.1 Å². The minimum atomic E-state index is -2.49. The molecular formula is C16H18F2N4O2. The normalized spacial score (nSPS) is 17.2. The summed E-state index contributed by atoms with van der Waals surface area (Å²) >= 11 is 0. The number of amides is 2. The summed E-state index contributed by atoms with van der Waals surface area (Å²) in [4.78, 5) is 14.2. The highest BCUT2D eigenvalue weighted by atomic mass is 19.3. The van der Waals surface area contributed by atoms with E-state index in [1.54, 1.807) is 4.90 Å². The van der Waals surface area contributed by atoms with Crippen LogP contribution in [0.25, 0.3) is 0 Å². The van der Waals surface area contributed by atoms with E-state index in [1.807, 2.05) is 31.2 Å². The molecule has 0 spiro atoms. The molecule has 3 rings (SSSR count). The highest BCUT2D eigenvalue weighted by Gasteiger charge is 2.25. The lowest BCUT2D eigenvalue weighted by Crippen LogP contribution is -2.42. The Morgan fingerprint density at radius 2 is 2.25 bits per heavy atom. The second-order valence-electron chi connectivity index (χ2n) is 5.67. The molecule has 2 aromatic rings. The standard InChI is InChI=1S/C16H18F2N4O2/c1-11-10-24-14-5-3-2-4-12(14)7-22(11)16(23)20-13-6-19-21(8-13)9-15(17)18/h2-6,8,11,15H,7,9-10H2,1H3,(H,20,23). The van der Waals surface area contributed by atoms with E-state index < -0.39 is 13.0 Å². The van der Waals surface area contributed by atoms with E-state index in [2.05, 4.69) is 10.4 Å². The van der Waals surface area contributed by atoms with Crippen molar-refractivity contribution in [1.82, 2.24) is 14.7 Å². The first-order chi connectivity index (χ1) is 11.5. The number of carbonyl (C=O) groups excluding carboxylic acids is 1. The molecule has 2 amide bonds. The van der Waals surface area contributed by atoms with Crippen molar-refractivity contribution < 1.29 is 18.3 Å². The number of hydrogen-bond donors (Lipinski definition) is 1. The molecule has 24 heavy (non-hydrogen) atoms. The second-order valence-corrected chi connectivity index (χ2v) is 5.67. The van der Waals surface area contributed by atoms with Crippen molar-refractivity contribution in [3.8, 4) is 5.75 Å². The second kappa shape index (κ2) is 6.86. The Labute approximate surface area is 138 Å². The smallest absolute Gasteiger partial charge is 0.322 e. The van der Waals surface area contributed by atoms with Crippen LogP contribution in [-0.4, -0.2) is 39.8 Å². The van der Waals surface area contributed by atoms with Crippen molar-refractivity contribution in [3.05, 3.63) is 42.2 Å². The first-order valence-electron chi connectivity index (χ1n) is 7.62. The summed E-state index contributed by atoms with van der Waals surface area (Å²) in [6, 6.07) is 7.11. The summed E-state index contributed by atoms with van der Waals surface area (Å²) in [5.41, 5.74) is 1.30. The quantitative estimate of drug-likeness (QED) is 0.937. The van der Waals surface area contributed by atoms with Crippen molar-refractivity contribution >= 4 is 11.7 Å². The molecule has 1 aliphatic heterocycles. The maximum atomic E-state index is 12.5. The van der Waals surface area contributed by atoms with Crippen LogP contribution in [0.1, 0.15) is 12.5 Å². The molecule has 0 saturated carbocycles. The van der Waals surface area contributed by atoms with Crippen LogP contribution in [0.3, 0.4) is 0 Å². The molecule has 1 aromatic heterocycles. The fourth-order valence-electron chi connectivity index (χ4n) is 2.55. The molecular weight excluding hydrogens is 318 g/mol. The fourth-order valence-corrected chi connectivity index (χ4v) is 2.55. The van der Waals surface area contributed by atoms with Crippen molar-refractivity contribution in [1.29, 1.82) is 0 Å². The molecule has 1 aliphatic rings. The molecule has 0 bridgehead atoms. The lowest BCUT2D eigenvalue weighted by molar-refractivity contribution is 0.122. The third-order valence-corrected chi connectivity index (χ3v) is 3.80. The number of para-hydroxylation sites is 1. The van der Waals surface area contributed by atoms with E-state index in [9.17, 15) is 13.6 Å². The molecule has 0 fully saturated rings. The zero-order valence-corrected chi connectivity index (χ0v) is 13.2. The summed E-state index contributed by atoms with van der Waals surface area (Å²) < 4.78 is 31.5. The van der Waals surface area contributed by atoms with Gasteiger partial charge in [-0.2, -0.15) is 5.10 Å². The van der Waals surface area contributed by atoms with Gasteiger partial charge in [0, 0.05) is 11.8 Å². The number of alkyl halides is 2. The zero-order chi connectivity index (χ0) is 17.1. The Morgan fingerprint density at radius 1 is 1.46 bits per heavy atom. The van der Waals surface area contributed by atoms with E-state index in [1.165, 1.54) is 12.4 Å². The van der Waals surface area contributed by atoms with Crippen LogP contribution in [0, 0.1) is 0 Å². The third kappa shape index (κ3) is 3.64. The molecule has 2 heterocycles. The SMILES string of the molecule is CC1COc2ccccc2CN1C(=O)Nc1cnn(CC(F)F)c1. The van der Waals surface area contributed by atoms with Crippen LogP contribution in [0.5, 0.6) is 5.75 Å². The molecule has 1 N–H and O–H groups in total. The molecule has 6 nitrogen and oxygen atoms in total. The Hall–Kier alpha value is -2.64. The monoisotopic (exact) mass is 336 g/mol. The fraction of sp³-hybridized carbons (Fsp3) is 0.375. The highest BCUT2D eigenvalue weighted by molar-refractivity contribution is 5.89. The number of aromatic nitrogens is 2. The third-order valence-electron chi connectivity index (χ3n) is 3.80. The summed E-state index contributed by atoms with van der Waals surface area (Å²) in [6.07, 6.45) is 0.247. The lowest BCUT2D eigenvalue weighted by atomic mass is 10.2. The topological polar surface area (TPSA) is 59.4 Å². The van der Waals surface area contributed by atoms with Crippen LogP contribution in [0.2, 0.25) is 0 Å². The van der Waals surface area contributed by atoms with Gasteiger partial charge in [-0.25, -0.2) is 13.6 Å². The van der Waals surface area contributed by atoms with Gasteiger partial charge in [0.25, 0.3) is 6.43 Å². The molecule has 0 radical (unpaired) electrons. The number of rotatable bonds is 3. The van der Waals surface area contributed by atoms with Gasteiger partial charge in [0.1, 0.15) is 18.9 Å². The number of ether oxygens (including phenoxy) is 1. The van der Waals surface area contributed by atoms with Gasteiger partial charge in [-0.05, 0) is 13.0 Å². The van der Waals surface area contributed by atoms with Gasteiger partial charge in [-0.1, -0.05) is 18.2 Å². The van der Waals surface area contributed by atoms with Gasteiger partial charge in [0.05, 0.1) is 24.5 Å². The number of fused-ring (bicyclic) bond motifs is 1. The summed E-state index contributed by atoms with van der Waals surface area (Å²) in [5, 5.41) is 6.50. The van der Waals surface area contributed by atoms with Crippen LogP contribution in [0.4, 0.5) is 19.3 Å². The average Bonchev–Trinajstić information content (AvgIpc) is 2.88. The predicted molar refractivity (Wildman–Crippen MR) is 84.2 cm³/mol. The summed E-state index contributed by atoms with van der Waals surface area (Å²) in [5.74, 6) is 0.768. The molecule has 128 valence electrons. The molecule has 0 aliphatic carbocycles. The lowest BCUT2D eigenvalue weighted by Gasteiger charge is -2.26. The van der Waals surface area contributed by atoms with Gasteiger partial charge >= 0.3 is 6.03 Å². The van der Waals surface area contributed by atoms with Crippen molar-refractivity contribution in [3.63, 3.8) is 0 Å². The Bertz CT molecular complexity index is 720. The Balaban J connectivity index is 1.70. The zero-order valence-electron chi connectivity index (χ0n) is 13.2. The van der Waals surface area contributed by atoms with E-state index in [0.717, 1.165) is 16.0 Å². The maximum absolute atomic E-state index is 12.5. The largest absolute Gasteiger partial charge is 0.491 e. The van der Waals surface area contributed by atoms with Gasteiger partial charge in [0.15, 0.2) is 0 Å². The van der Waals surface area contributed by atoms with Crippen LogP contribution >= 0.6 is 0 Å². The average molecular weight is 336 g/mol. The minimum absolute atomic E-state index is 0.131. The minimum Gasteiger partial charge on any atom is -0.491 e. The number of carbonyl (C=O) groups is 1. The van der Waals surface area contributed by atoms with E-state index in [-0.39, 0.29) is 12.1 Å². The molecule has 1 aromatic carbocycles. The van der Waals surface area contributed by atoms with E-state index in [0.29, 0.717) is 18.8 Å². The van der Waals surface area contributed by atoms with Crippen molar-refractivity contribution in [2.75, 3.05) is 11.9 Å². The van der Waals surface area contributed by atoms with Gasteiger partial charge in [-0.3, -0.25) is 4.68 Å². The van der Waals surface area contributed by atoms with E-state index in [4.69, 9.17) is 4.74 Å². The number of anilines is 1. The van der Waals surface area contributed by atoms with Crippen molar-refractivity contribution in [2.45, 2.75) is 32.5 Å². The number of halogens is 2. The first kappa shape index (κ1) is 16.2. The van der Waals surface area contributed by atoms with Gasteiger partial charge < -0.3 is 15.0 Å². The Morgan fingerprint density at radius 3 is 3.04 bits per heavy atom. The van der Waals surface area contributed by atoms with Gasteiger partial charge in [-0.15, -0.1) is 0 Å². The molecule has 8 heteroatoms. The molecule has 1 atom stereocenters. The molecule has 1 unspecified atom stereocenters. The summed E-state index contributed by atoms with van der Waals surface area (Å²) in [7, 11) is 0. The number of benzene rings is 1. The van der Waals surface area contributed by atoms with Gasteiger partial charge in [0.2, 0.25) is 0 Å². The number of nitrogens with zero attached hydrogens (tertiary/aromatic N) is 3. The van der Waals surface area contributed by atoms with Crippen LogP contribution < -0.4 is 10.1 Å². The Kier molecular flexibility index (Phi) is 4.64. The predicted octanol–water partition coefficient (Wildman–Crippen LogP) is 2.96. The number of hydrogen-bond acceptors (Lipinski definition) is 3. The first-order valence-corrected chi connectivity index (χ1v) is 7.62. The number of nitrogens with one attached hydrogen (secondary N) is 1. The highest BCUT2D eigenvalue weighted by Crippen LogP contribution is 2.25. The summed E-state index contributed by atoms with van der Waals surface area (Å²) in [6.45, 7) is 2.19. The van der Waals surface area contributed by atoms with Crippen LogP contribution in [0.15, 0.2) is 36.7 Å². The van der Waals surface area contributed by atoms with E-state index >= 15 is 0 Å².